The third-order valence-electron chi connectivity index (χ3n) is 2.79. The van der Waals surface area contributed by atoms with Gasteiger partial charge in [0.25, 0.3) is 0 Å². The highest BCUT2D eigenvalue weighted by Crippen LogP contribution is 2.12. The van der Waals surface area contributed by atoms with Crippen molar-refractivity contribution in [3.8, 4) is 0 Å². The summed E-state index contributed by atoms with van der Waals surface area (Å²) in [4.78, 5) is 4.40. The van der Waals surface area contributed by atoms with E-state index >= 15 is 0 Å². The molecule has 0 atom stereocenters. The number of rotatable bonds is 8. The van der Waals surface area contributed by atoms with Gasteiger partial charge in [0.05, 0.1) is 23.2 Å². The van der Waals surface area contributed by atoms with Gasteiger partial charge >= 0.3 is 0 Å². The Balaban J connectivity index is 1.55. The maximum Gasteiger partial charge on any atom is 0.0951 e. The fourth-order valence-corrected chi connectivity index (χ4v) is 2.82. The normalized spacial score (nSPS) is 10.8. The molecule has 102 valence electrons. The Labute approximate surface area is 123 Å². The van der Waals surface area contributed by atoms with Crippen molar-refractivity contribution in [3.63, 3.8) is 0 Å². The summed E-state index contributed by atoms with van der Waals surface area (Å²) < 4.78 is 5.64. The number of aromatic nitrogens is 1. The quantitative estimate of drug-likeness (QED) is 0.541. The Morgan fingerprint density at radius 3 is 2.68 bits per heavy atom. The maximum atomic E-state index is 5.71. The number of ether oxygens (including phenoxy) is 1. The molecule has 0 radical (unpaired) electrons. The molecular weight excluding hydrogens is 278 g/mol. The molecule has 2 aromatic rings. The molecule has 0 aliphatic rings. The van der Waals surface area contributed by atoms with Crippen molar-refractivity contribution in [2.24, 2.45) is 0 Å². The lowest BCUT2D eigenvalue weighted by Gasteiger charge is -2.03. The van der Waals surface area contributed by atoms with Crippen LogP contribution in [-0.4, -0.2) is 18.2 Å². The van der Waals surface area contributed by atoms with Crippen LogP contribution in [0.3, 0.4) is 0 Å². The third kappa shape index (κ3) is 5.31. The lowest BCUT2D eigenvalue weighted by molar-refractivity contribution is 0.135. The minimum absolute atomic E-state index is 0.494. The molecule has 2 rings (SSSR count). The zero-order chi connectivity index (χ0) is 13.3. The van der Waals surface area contributed by atoms with Crippen LogP contribution >= 0.6 is 22.9 Å². The predicted molar refractivity (Wildman–Crippen MR) is 81.0 cm³/mol. The van der Waals surface area contributed by atoms with E-state index in [9.17, 15) is 0 Å². The first-order valence-corrected chi connectivity index (χ1v) is 7.91. The summed E-state index contributed by atoms with van der Waals surface area (Å²) in [7, 11) is 0. The Kier molecular flexibility index (Phi) is 6.34. The maximum absolute atomic E-state index is 5.71. The summed E-state index contributed by atoms with van der Waals surface area (Å²) in [5.74, 6) is 0.494. The standard InChI is InChI=1S/C15H18ClNOS/c16-11-14-12-19-15(17-14)8-10-18-9-4-7-13-5-2-1-3-6-13/h1-3,5-6,12H,4,7-11H2. The average molecular weight is 296 g/mol. The summed E-state index contributed by atoms with van der Waals surface area (Å²) >= 11 is 7.37. The van der Waals surface area contributed by atoms with Crippen molar-refractivity contribution in [3.05, 3.63) is 52.0 Å². The van der Waals surface area contributed by atoms with Crippen LogP contribution in [0.2, 0.25) is 0 Å². The molecule has 1 aromatic heterocycles. The smallest absolute Gasteiger partial charge is 0.0951 e. The molecule has 19 heavy (non-hydrogen) atoms. The molecule has 0 spiro atoms. The fourth-order valence-electron chi connectivity index (χ4n) is 1.81. The van der Waals surface area contributed by atoms with E-state index in [0.717, 1.165) is 43.2 Å². The zero-order valence-corrected chi connectivity index (χ0v) is 12.4. The van der Waals surface area contributed by atoms with Gasteiger partial charge in [-0.2, -0.15) is 0 Å². The molecule has 0 saturated heterocycles. The molecule has 0 N–H and O–H groups in total. The van der Waals surface area contributed by atoms with Gasteiger partial charge in [-0.3, -0.25) is 0 Å². The number of nitrogens with zero attached hydrogens (tertiary/aromatic N) is 1. The number of hydrogen-bond acceptors (Lipinski definition) is 3. The van der Waals surface area contributed by atoms with Gasteiger partial charge in [0.2, 0.25) is 0 Å². The van der Waals surface area contributed by atoms with Crippen LogP contribution in [0.25, 0.3) is 0 Å². The van der Waals surface area contributed by atoms with Gasteiger partial charge in [0, 0.05) is 18.4 Å². The first kappa shape index (κ1) is 14.5. The van der Waals surface area contributed by atoms with E-state index in [1.165, 1.54) is 5.56 Å². The topological polar surface area (TPSA) is 22.1 Å². The van der Waals surface area contributed by atoms with E-state index in [1.54, 1.807) is 11.3 Å². The summed E-state index contributed by atoms with van der Waals surface area (Å²) in [5, 5.41) is 3.12. The lowest BCUT2D eigenvalue weighted by atomic mass is 10.1. The van der Waals surface area contributed by atoms with Crippen molar-refractivity contribution >= 4 is 22.9 Å². The van der Waals surface area contributed by atoms with Crippen molar-refractivity contribution < 1.29 is 4.74 Å². The second kappa shape index (κ2) is 8.31. The highest BCUT2D eigenvalue weighted by Gasteiger charge is 2.00. The van der Waals surface area contributed by atoms with Crippen LogP contribution in [0, 0.1) is 0 Å². The fraction of sp³-hybridized carbons (Fsp3) is 0.400. The van der Waals surface area contributed by atoms with Crippen molar-refractivity contribution in [2.45, 2.75) is 25.1 Å². The molecule has 0 unspecified atom stereocenters. The van der Waals surface area contributed by atoms with E-state index in [4.69, 9.17) is 16.3 Å². The number of alkyl halides is 1. The van der Waals surface area contributed by atoms with E-state index < -0.39 is 0 Å². The molecule has 1 heterocycles. The molecule has 1 aromatic carbocycles. The first-order chi connectivity index (χ1) is 9.38. The highest BCUT2D eigenvalue weighted by molar-refractivity contribution is 7.09. The van der Waals surface area contributed by atoms with Gasteiger partial charge in [-0.25, -0.2) is 4.98 Å². The average Bonchev–Trinajstić information content (AvgIpc) is 2.92. The molecule has 0 aliphatic carbocycles. The Morgan fingerprint density at radius 1 is 1.11 bits per heavy atom. The van der Waals surface area contributed by atoms with Gasteiger partial charge < -0.3 is 4.74 Å². The third-order valence-corrected chi connectivity index (χ3v) is 4.02. The summed E-state index contributed by atoms with van der Waals surface area (Å²) in [6.45, 7) is 1.55. The van der Waals surface area contributed by atoms with E-state index in [2.05, 4.69) is 29.2 Å². The minimum atomic E-state index is 0.494. The van der Waals surface area contributed by atoms with Crippen LogP contribution in [0.4, 0.5) is 0 Å². The van der Waals surface area contributed by atoms with Gasteiger partial charge in [-0.15, -0.1) is 22.9 Å². The SMILES string of the molecule is ClCc1csc(CCOCCCc2ccccc2)n1. The summed E-state index contributed by atoms with van der Waals surface area (Å²) in [5.41, 5.74) is 2.34. The van der Waals surface area contributed by atoms with E-state index in [-0.39, 0.29) is 0 Å². The van der Waals surface area contributed by atoms with Crippen LogP contribution < -0.4 is 0 Å². The summed E-state index contributed by atoms with van der Waals surface area (Å²) in [6.07, 6.45) is 3.02. The van der Waals surface area contributed by atoms with Gasteiger partial charge in [0.15, 0.2) is 0 Å². The molecule has 0 bridgehead atoms. The molecule has 4 heteroatoms. The predicted octanol–water partition coefficient (Wildman–Crippen LogP) is 4.07. The van der Waals surface area contributed by atoms with Gasteiger partial charge in [-0.1, -0.05) is 30.3 Å². The Hall–Kier alpha value is -0.900. The zero-order valence-electron chi connectivity index (χ0n) is 10.8. The molecular formula is C15H18ClNOS. The lowest BCUT2D eigenvalue weighted by Crippen LogP contribution is -2.01. The number of halogens is 1. The highest BCUT2D eigenvalue weighted by atomic mass is 35.5. The van der Waals surface area contributed by atoms with Crippen LogP contribution in [0.5, 0.6) is 0 Å². The van der Waals surface area contributed by atoms with Crippen LogP contribution in [-0.2, 0) is 23.5 Å². The number of aryl methyl sites for hydroxylation is 1. The Morgan fingerprint density at radius 2 is 1.95 bits per heavy atom. The Bertz CT molecular complexity index is 472. The molecule has 0 aliphatic heterocycles. The minimum Gasteiger partial charge on any atom is -0.381 e. The van der Waals surface area contributed by atoms with Crippen LogP contribution in [0.15, 0.2) is 35.7 Å². The molecule has 2 nitrogen and oxygen atoms in total. The van der Waals surface area contributed by atoms with E-state index in [0.29, 0.717) is 5.88 Å². The molecule has 0 saturated carbocycles. The monoisotopic (exact) mass is 295 g/mol. The largest absolute Gasteiger partial charge is 0.381 e. The molecule has 0 fully saturated rings. The van der Waals surface area contributed by atoms with Crippen molar-refractivity contribution in [1.29, 1.82) is 0 Å². The van der Waals surface area contributed by atoms with Crippen molar-refractivity contribution in [2.75, 3.05) is 13.2 Å². The van der Waals surface area contributed by atoms with Crippen LogP contribution in [0.1, 0.15) is 22.7 Å². The second-order valence-corrected chi connectivity index (χ2v) is 5.53. The van der Waals surface area contributed by atoms with Gasteiger partial charge in [0.1, 0.15) is 0 Å². The van der Waals surface area contributed by atoms with Crippen molar-refractivity contribution in [1.82, 2.24) is 4.98 Å². The van der Waals surface area contributed by atoms with E-state index in [1.807, 2.05) is 11.4 Å². The second-order valence-electron chi connectivity index (χ2n) is 4.32. The number of hydrogen-bond donors (Lipinski definition) is 0. The first-order valence-electron chi connectivity index (χ1n) is 6.49. The van der Waals surface area contributed by atoms with Gasteiger partial charge in [-0.05, 0) is 18.4 Å². The number of thiazole rings is 1. The summed E-state index contributed by atoms with van der Waals surface area (Å²) in [6, 6.07) is 10.5. The molecule has 0 amide bonds. The number of benzene rings is 1.